The van der Waals surface area contributed by atoms with Crippen LogP contribution in [-0.4, -0.2) is 52.2 Å². The van der Waals surface area contributed by atoms with E-state index in [0.29, 0.717) is 17.8 Å². The van der Waals surface area contributed by atoms with Crippen molar-refractivity contribution < 1.29 is 13.2 Å². The Labute approximate surface area is 126 Å². The van der Waals surface area contributed by atoms with Crippen LogP contribution in [0.2, 0.25) is 0 Å². The number of nitrogens with one attached hydrogen (secondary N) is 2. The van der Waals surface area contributed by atoms with Crippen LogP contribution in [0.3, 0.4) is 0 Å². The average Bonchev–Trinajstić information content (AvgIpc) is 2.43. The van der Waals surface area contributed by atoms with E-state index in [-0.39, 0.29) is 11.7 Å². The Kier molecular flexibility index (Phi) is 6.64. The van der Waals surface area contributed by atoms with E-state index in [1.54, 1.807) is 31.2 Å². The van der Waals surface area contributed by atoms with E-state index < -0.39 is 10.0 Å². The predicted octanol–water partition coefficient (Wildman–Crippen LogP) is 1.13. The molecule has 0 aliphatic rings. The van der Waals surface area contributed by atoms with Gasteiger partial charge in [0.2, 0.25) is 10.0 Å². The molecule has 0 spiro atoms. The maximum atomic E-state index is 11.9. The average molecular weight is 313 g/mol. The number of rotatable bonds is 8. The normalized spacial score (nSPS) is 11.4. The number of hydrogen-bond acceptors (Lipinski definition) is 4. The number of sulfonamides is 1. The largest absolute Gasteiger partial charge is 0.352 e. The molecule has 0 radical (unpaired) electrons. The van der Waals surface area contributed by atoms with Crippen molar-refractivity contribution >= 4 is 21.6 Å². The van der Waals surface area contributed by atoms with Gasteiger partial charge in [0.15, 0.2) is 0 Å². The minimum atomic E-state index is -3.29. The second-order valence-corrected chi connectivity index (χ2v) is 7.01. The van der Waals surface area contributed by atoms with Crippen LogP contribution in [0.5, 0.6) is 0 Å². The van der Waals surface area contributed by atoms with Gasteiger partial charge in [-0.25, -0.2) is 8.42 Å². The molecule has 0 bridgehead atoms. The zero-order valence-corrected chi connectivity index (χ0v) is 13.5. The minimum absolute atomic E-state index is 0.0150. The van der Waals surface area contributed by atoms with Gasteiger partial charge in [-0.3, -0.25) is 9.52 Å². The molecule has 2 N–H and O–H groups in total. The standard InChI is InChI=1S/C14H23N3O3S/c1-4-21(19,20)16-13-8-6-12(7-9-13)14(18)15-10-5-11-17(2)3/h6-9,16H,4-5,10-11H2,1-3H3,(H,15,18). The summed E-state index contributed by atoms with van der Waals surface area (Å²) in [7, 11) is 0.681. The van der Waals surface area contributed by atoms with E-state index in [0.717, 1.165) is 13.0 Å². The summed E-state index contributed by atoms with van der Waals surface area (Å²) in [5.41, 5.74) is 0.973. The second kappa shape index (κ2) is 7.99. The molecule has 1 rings (SSSR count). The van der Waals surface area contributed by atoms with Crippen molar-refractivity contribution in [3.05, 3.63) is 29.8 Å². The number of hydrogen-bond donors (Lipinski definition) is 2. The fourth-order valence-corrected chi connectivity index (χ4v) is 2.28. The molecule has 0 atom stereocenters. The van der Waals surface area contributed by atoms with E-state index in [1.165, 1.54) is 0 Å². The first-order valence-corrected chi connectivity index (χ1v) is 8.53. The molecule has 0 aromatic heterocycles. The van der Waals surface area contributed by atoms with Gasteiger partial charge < -0.3 is 10.2 Å². The van der Waals surface area contributed by atoms with Crippen molar-refractivity contribution in [1.29, 1.82) is 0 Å². The summed E-state index contributed by atoms with van der Waals surface area (Å²) >= 11 is 0. The van der Waals surface area contributed by atoms with Crippen molar-refractivity contribution in [1.82, 2.24) is 10.2 Å². The molecule has 7 heteroatoms. The van der Waals surface area contributed by atoms with Crippen LogP contribution in [0.15, 0.2) is 24.3 Å². The number of anilines is 1. The fourth-order valence-electron chi connectivity index (χ4n) is 1.64. The van der Waals surface area contributed by atoms with Crippen LogP contribution in [0, 0.1) is 0 Å². The third-order valence-electron chi connectivity index (χ3n) is 2.87. The van der Waals surface area contributed by atoms with Gasteiger partial charge >= 0.3 is 0 Å². The Morgan fingerprint density at radius 3 is 2.33 bits per heavy atom. The number of carbonyl (C=O) groups is 1. The molecule has 21 heavy (non-hydrogen) atoms. The van der Waals surface area contributed by atoms with Crippen molar-refractivity contribution in [3.8, 4) is 0 Å². The summed E-state index contributed by atoms with van der Waals surface area (Å²) in [4.78, 5) is 13.9. The van der Waals surface area contributed by atoms with Gasteiger partial charge in [0.1, 0.15) is 0 Å². The number of benzene rings is 1. The van der Waals surface area contributed by atoms with Crippen LogP contribution in [-0.2, 0) is 10.0 Å². The maximum absolute atomic E-state index is 11.9. The minimum Gasteiger partial charge on any atom is -0.352 e. The zero-order chi connectivity index (χ0) is 15.9. The zero-order valence-electron chi connectivity index (χ0n) is 12.7. The second-order valence-electron chi connectivity index (χ2n) is 5.00. The lowest BCUT2D eigenvalue weighted by molar-refractivity contribution is 0.0952. The number of amides is 1. The van der Waals surface area contributed by atoms with Crippen LogP contribution >= 0.6 is 0 Å². The molecule has 0 heterocycles. The molecular weight excluding hydrogens is 290 g/mol. The van der Waals surface area contributed by atoms with Crippen LogP contribution in [0.1, 0.15) is 23.7 Å². The van der Waals surface area contributed by atoms with Crippen LogP contribution in [0.4, 0.5) is 5.69 Å². The van der Waals surface area contributed by atoms with E-state index in [4.69, 9.17) is 0 Å². The summed E-state index contributed by atoms with van der Waals surface area (Å²) in [6.07, 6.45) is 0.882. The Balaban J connectivity index is 2.52. The molecule has 1 aromatic carbocycles. The van der Waals surface area contributed by atoms with Crippen molar-refractivity contribution in [2.24, 2.45) is 0 Å². The summed E-state index contributed by atoms with van der Waals surface area (Å²) in [5, 5.41) is 2.83. The lowest BCUT2D eigenvalue weighted by Gasteiger charge is -2.10. The molecular formula is C14H23N3O3S. The molecule has 1 aromatic rings. The summed E-state index contributed by atoms with van der Waals surface area (Å²) in [6, 6.07) is 6.38. The molecule has 0 saturated heterocycles. The highest BCUT2D eigenvalue weighted by Crippen LogP contribution is 2.11. The first-order valence-electron chi connectivity index (χ1n) is 6.87. The Bertz CT molecular complexity index is 553. The highest BCUT2D eigenvalue weighted by molar-refractivity contribution is 7.92. The molecule has 0 aliphatic carbocycles. The quantitative estimate of drug-likeness (QED) is 0.705. The molecule has 0 fully saturated rings. The lowest BCUT2D eigenvalue weighted by atomic mass is 10.2. The van der Waals surface area contributed by atoms with Crippen molar-refractivity contribution in [3.63, 3.8) is 0 Å². The van der Waals surface area contributed by atoms with E-state index >= 15 is 0 Å². The molecule has 0 aliphatic heterocycles. The lowest BCUT2D eigenvalue weighted by Crippen LogP contribution is -2.27. The van der Waals surface area contributed by atoms with E-state index in [2.05, 4.69) is 14.9 Å². The van der Waals surface area contributed by atoms with Crippen molar-refractivity contribution in [2.45, 2.75) is 13.3 Å². The van der Waals surface area contributed by atoms with Gasteiger partial charge in [-0.2, -0.15) is 0 Å². The highest BCUT2D eigenvalue weighted by Gasteiger charge is 2.08. The molecule has 0 saturated carbocycles. The topological polar surface area (TPSA) is 78.5 Å². The summed E-state index contributed by atoms with van der Waals surface area (Å²) in [6.45, 7) is 3.09. The monoisotopic (exact) mass is 313 g/mol. The predicted molar refractivity (Wildman–Crippen MR) is 85.0 cm³/mol. The first kappa shape index (κ1) is 17.5. The van der Waals surface area contributed by atoms with E-state index in [1.807, 2.05) is 14.1 Å². The third-order valence-corrected chi connectivity index (χ3v) is 4.17. The molecule has 118 valence electrons. The molecule has 6 nitrogen and oxygen atoms in total. The fraction of sp³-hybridized carbons (Fsp3) is 0.500. The smallest absolute Gasteiger partial charge is 0.251 e. The van der Waals surface area contributed by atoms with Gasteiger partial charge in [-0.15, -0.1) is 0 Å². The van der Waals surface area contributed by atoms with Gasteiger partial charge in [-0.05, 0) is 58.3 Å². The van der Waals surface area contributed by atoms with Crippen molar-refractivity contribution in [2.75, 3.05) is 37.7 Å². The van der Waals surface area contributed by atoms with Gasteiger partial charge in [0.25, 0.3) is 5.91 Å². The SMILES string of the molecule is CCS(=O)(=O)Nc1ccc(C(=O)NCCCN(C)C)cc1. The van der Waals surface area contributed by atoms with Crippen LogP contribution in [0.25, 0.3) is 0 Å². The van der Waals surface area contributed by atoms with Gasteiger partial charge in [0, 0.05) is 17.8 Å². The summed E-state index contributed by atoms with van der Waals surface area (Å²) < 4.78 is 25.3. The molecule has 1 amide bonds. The molecule has 0 unspecified atom stereocenters. The van der Waals surface area contributed by atoms with Gasteiger partial charge in [-0.1, -0.05) is 0 Å². The van der Waals surface area contributed by atoms with Crippen LogP contribution < -0.4 is 10.0 Å². The van der Waals surface area contributed by atoms with E-state index in [9.17, 15) is 13.2 Å². The third kappa shape index (κ3) is 6.59. The van der Waals surface area contributed by atoms with Gasteiger partial charge in [0.05, 0.1) is 5.75 Å². The first-order chi connectivity index (χ1) is 9.84. The highest BCUT2D eigenvalue weighted by atomic mass is 32.2. The number of carbonyl (C=O) groups excluding carboxylic acids is 1. The summed E-state index contributed by atoms with van der Waals surface area (Å²) in [5.74, 6) is -0.139. The Morgan fingerprint density at radius 2 is 1.81 bits per heavy atom. The maximum Gasteiger partial charge on any atom is 0.251 e. The number of nitrogens with zero attached hydrogens (tertiary/aromatic N) is 1. The Morgan fingerprint density at radius 1 is 1.19 bits per heavy atom. The Hall–Kier alpha value is -1.60.